The molecule has 2 N–H and O–H groups in total. The minimum absolute atomic E-state index is 0.274. The van der Waals surface area contributed by atoms with Gasteiger partial charge in [-0.2, -0.15) is 8.78 Å². The van der Waals surface area contributed by atoms with E-state index < -0.39 is 28.2 Å². The van der Waals surface area contributed by atoms with Crippen molar-refractivity contribution in [1.82, 2.24) is 10.0 Å². The molecule has 1 aliphatic rings. The topological polar surface area (TPSA) is 67.4 Å². The molecule has 118 valence electrons. The third-order valence-corrected chi connectivity index (χ3v) is 4.57. The molecule has 9 heteroatoms. The third-order valence-electron chi connectivity index (χ3n) is 3.05. The number of rotatable bonds is 5. The zero-order valence-electron chi connectivity index (χ0n) is 11.0. The Morgan fingerprint density at radius 2 is 2.14 bits per heavy atom. The van der Waals surface area contributed by atoms with Crippen LogP contribution in [0.2, 0.25) is 0 Å². The van der Waals surface area contributed by atoms with Crippen LogP contribution in [0.25, 0.3) is 0 Å². The van der Waals surface area contributed by atoms with Crippen LogP contribution in [0.15, 0.2) is 23.1 Å². The summed E-state index contributed by atoms with van der Waals surface area (Å²) in [5.41, 5.74) is 0. The molecule has 1 saturated heterocycles. The average molecular weight is 324 g/mol. The Kier molecular flexibility index (Phi) is 5.07. The van der Waals surface area contributed by atoms with E-state index in [2.05, 4.69) is 14.8 Å². The van der Waals surface area contributed by atoms with Crippen LogP contribution in [0.1, 0.15) is 12.8 Å². The number of hydrogen-bond acceptors (Lipinski definition) is 4. The van der Waals surface area contributed by atoms with Gasteiger partial charge in [0.15, 0.2) is 11.6 Å². The van der Waals surface area contributed by atoms with Crippen molar-refractivity contribution in [3.8, 4) is 5.75 Å². The van der Waals surface area contributed by atoms with Gasteiger partial charge in [0.2, 0.25) is 10.0 Å². The Morgan fingerprint density at radius 3 is 2.71 bits per heavy atom. The van der Waals surface area contributed by atoms with Crippen LogP contribution >= 0.6 is 0 Å². The molecule has 1 aromatic rings. The van der Waals surface area contributed by atoms with Crippen LogP contribution < -0.4 is 14.8 Å². The van der Waals surface area contributed by atoms with Crippen molar-refractivity contribution in [2.24, 2.45) is 0 Å². The molecule has 5 nitrogen and oxygen atoms in total. The molecular formula is C12H15F3N2O3S. The number of nitrogens with one attached hydrogen (secondary N) is 2. The van der Waals surface area contributed by atoms with Gasteiger partial charge in [0.25, 0.3) is 0 Å². The van der Waals surface area contributed by atoms with E-state index in [1.54, 1.807) is 0 Å². The summed E-state index contributed by atoms with van der Waals surface area (Å²) >= 11 is 0. The van der Waals surface area contributed by atoms with Crippen molar-refractivity contribution in [1.29, 1.82) is 0 Å². The molecule has 1 heterocycles. The Balaban J connectivity index is 2.14. The molecule has 0 aliphatic carbocycles. The molecule has 0 spiro atoms. The largest absolute Gasteiger partial charge is 0.432 e. The molecule has 21 heavy (non-hydrogen) atoms. The second-order valence-corrected chi connectivity index (χ2v) is 6.35. The fourth-order valence-corrected chi connectivity index (χ4v) is 3.36. The summed E-state index contributed by atoms with van der Waals surface area (Å²) in [6.45, 7) is -1.85. The predicted octanol–water partition coefficient (Wildman–Crippen LogP) is 1.46. The summed E-state index contributed by atoms with van der Waals surface area (Å²) < 4.78 is 68.2. The molecular weight excluding hydrogens is 309 g/mol. The number of benzene rings is 1. The molecule has 0 unspecified atom stereocenters. The summed E-state index contributed by atoms with van der Waals surface area (Å²) in [6, 6.07) is 2.29. The maximum atomic E-state index is 13.6. The van der Waals surface area contributed by atoms with Crippen molar-refractivity contribution >= 4 is 10.0 Å². The third kappa shape index (κ3) is 4.32. The first-order valence-corrected chi connectivity index (χ1v) is 7.84. The van der Waals surface area contributed by atoms with Gasteiger partial charge >= 0.3 is 6.61 Å². The van der Waals surface area contributed by atoms with E-state index in [1.807, 2.05) is 0 Å². The lowest BCUT2D eigenvalue weighted by Crippen LogP contribution is -2.45. The number of piperidine rings is 1. The van der Waals surface area contributed by atoms with E-state index in [4.69, 9.17) is 0 Å². The Bertz CT molecular complexity index is 589. The summed E-state index contributed by atoms with van der Waals surface area (Å²) in [7, 11) is -3.90. The molecule has 0 amide bonds. The molecule has 1 fully saturated rings. The lowest BCUT2D eigenvalue weighted by Gasteiger charge is -2.23. The normalized spacial score (nSPS) is 19.7. The van der Waals surface area contributed by atoms with E-state index in [-0.39, 0.29) is 10.9 Å². The van der Waals surface area contributed by atoms with Gasteiger partial charge in [-0.05, 0) is 37.6 Å². The van der Waals surface area contributed by atoms with Gasteiger partial charge in [-0.1, -0.05) is 0 Å². The van der Waals surface area contributed by atoms with Crippen molar-refractivity contribution in [2.45, 2.75) is 30.4 Å². The highest BCUT2D eigenvalue weighted by Crippen LogP contribution is 2.23. The van der Waals surface area contributed by atoms with Gasteiger partial charge in [-0.25, -0.2) is 17.5 Å². The van der Waals surface area contributed by atoms with Crippen LogP contribution in [0.4, 0.5) is 13.2 Å². The lowest BCUT2D eigenvalue weighted by atomic mass is 10.1. The zero-order chi connectivity index (χ0) is 15.5. The number of hydrogen-bond donors (Lipinski definition) is 2. The quantitative estimate of drug-likeness (QED) is 0.860. The van der Waals surface area contributed by atoms with Crippen LogP contribution in [-0.2, 0) is 10.0 Å². The summed E-state index contributed by atoms with van der Waals surface area (Å²) in [5, 5.41) is 3.05. The van der Waals surface area contributed by atoms with Crippen molar-refractivity contribution in [3.63, 3.8) is 0 Å². The Labute approximate surface area is 120 Å². The van der Waals surface area contributed by atoms with Gasteiger partial charge in [0.1, 0.15) is 0 Å². The first-order valence-electron chi connectivity index (χ1n) is 6.36. The van der Waals surface area contributed by atoms with Crippen LogP contribution in [-0.4, -0.2) is 34.2 Å². The fraction of sp³-hybridized carbons (Fsp3) is 0.500. The van der Waals surface area contributed by atoms with Crippen molar-refractivity contribution < 1.29 is 26.3 Å². The average Bonchev–Trinajstić information content (AvgIpc) is 2.41. The van der Waals surface area contributed by atoms with Crippen molar-refractivity contribution in [2.75, 3.05) is 13.1 Å². The molecule has 2 rings (SSSR count). The molecule has 0 bridgehead atoms. The fourth-order valence-electron chi connectivity index (χ4n) is 2.08. The van der Waals surface area contributed by atoms with E-state index in [9.17, 15) is 21.6 Å². The maximum Gasteiger partial charge on any atom is 0.387 e. The molecule has 0 saturated carbocycles. The summed E-state index contributed by atoms with van der Waals surface area (Å²) in [4.78, 5) is -0.327. The highest BCUT2D eigenvalue weighted by Gasteiger charge is 2.23. The van der Waals surface area contributed by atoms with E-state index in [0.29, 0.717) is 19.0 Å². The summed E-state index contributed by atoms with van der Waals surface area (Å²) in [6.07, 6.45) is 1.52. The van der Waals surface area contributed by atoms with Crippen LogP contribution in [0.3, 0.4) is 0 Å². The number of halogens is 3. The SMILES string of the molecule is O=S(=O)(N[C@@H]1CCCNC1)c1ccc(OC(F)F)c(F)c1. The van der Waals surface area contributed by atoms with Gasteiger partial charge < -0.3 is 10.1 Å². The first kappa shape index (κ1) is 16.1. The van der Waals surface area contributed by atoms with E-state index in [1.165, 1.54) is 0 Å². The van der Waals surface area contributed by atoms with Gasteiger partial charge in [0, 0.05) is 12.6 Å². The molecule has 0 radical (unpaired) electrons. The lowest BCUT2D eigenvalue weighted by molar-refractivity contribution is -0.0522. The smallest absolute Gasteiger partial charge is 0.387 e. The highest BCUT2D eigenvalue weighted by atomic mass is 32.2. The van der Waals surface area contributed by atoms with Crippen molar-refractivity contribution in [3.05, 3.63) is 24.0 Å². The van der Waals surface area contributed by atoms with E-state index in [0.717, 1.165) is 25.1 Å². The maximum absolute atomic E-state index is 13.6. The van der Waals surface area contributed by atoms with Gasteiger partial charge in [-0.15, -0.1) is 0 Å². The second-order valence-electron chi connectivity index (χ2n) is 4.64. The van der Waals surface area contributed by atoms with Crippen LogP contribution in [0, 0.1) is 5.82 Å². The monoisotopic (exact) mass is 324 g/mol. The number of alkyl halides is 2. The molecule has 1 aliphatic heterocycles. The van der Waals surface area contributed by atoms with Gasteiger partial charge in [0.05, 0.1) is 4.90 Å². The molecule has 1 atom stereocenters. The number of sulfonamides is 1. The van der Waals surface area contributed by atoms with Gasteiger partial charge in [-0.3, -0.25) is 0 Å². The van der Waals surface area contributed by atoms with Crippen LogP contribution in [0.5, 0.6) is 5.75 Å². The standard InChI is InChI=1S/C12H15F3N2O3S/c13-10-6-9(3-4-11(10)20-12(14)15)21(18,19)17-8-2-1-5-16-7-8/h3-4,6,8,12,16-17H,1-2,5,7H2/t8-/m1/s1. The Hall–Kier alpha value is -1.32. The minimum atomic E-state index is -3.90. The first-order chi connectivity index (χ1) is 9.88. The molecule has 1 aromatic carbocycles. The highest BCUT2D eigenvalue weighted by molar-refractivity contribution is 7.89. The number of ether oxygens (including phenoxy) is 1. The second kappa shape index (κ2) is 6.63. The zero-order valence-corrected chi connectivity index (χ0v) is 11.8. The van der Waals surface area contributed by atoms with E-state index >= 15 is 0 Å². The minimum Gasteiger partial charge on any atom is -0.432 e. The Morgan fingerprint density at radius 1 is 1.38 bits per heavy atom. The predicted molar refractivity (Wildman–Crippen MR) is 69.2 cm³/mol. The summed E-state index contributed by atoms with van der Waals surface area (Å²) in [5.74, 6) is -1.84. The molecule has 0 aromatic heterocycles.